The lowest BCUT2D eigenvalue weighted by molar-refractivity contribution is 0.841. The number of hydrogen-bond donors (Lipinski definition) is 1. The second-order valence-electron chi connectivity index (χ2n) is 4.31. The molecule has 0 saturated heterocycles. The van der Waals surface area contributed by atoms with Crippen molar-refractivity contribution in [1.82, 2.24) is 0 Å². The molecule has 1 heterocycles. The Morgan fingerprint density at radius 2 is 2.21 bits per heavy atom. The fraction of sp³-hybridized carbons (Fsp3) is 0.267. The van der Waals surface area contributed by atoms with E-state index in [2.05, 4.69) is 35.4 Å². The molecule has 0 bridgehead atoms. The first-order chi connectivity index (χ1) is 9.24. The van der Waals surface area contributed by atoms with Gasteiger partial charge in [0, 0.05) is 22.8 Å². The van der Waals surface area contributed by atoms with E-state index in [0.717, 1.165) is 24.3 Å². The summed E-state index contributed by atoms with van der Waals surface area (Å²) in [5.41, 5.74) is 8.61. The molecule has 98 valence electrons. The topological polar surface area (TPSA) is 53.0 Å². The molecule has 3 nitrogen and oxygen atoms in total. The molecule has 2 aromatic rings. The minimum atomic E-state index is 0.357. The molecule has 0 fully saturated rings. The summed E-state index contributed by atoms with van der Waals surface area (Å²) in [4.78, 5) is 3.62. The average Bonchev–Trinajstić information content (AvgIpc) is 2.92. The van der Waals surface area contributed by atoms with Crippen LogP contribution in [-0.4, -0.2) is 6.54 Å². The van der Waals surface area contributed by atoms with Gasteiger partial charge in [-0.2, -0.15) is 5.26 Å². The lowest BCUT2D eigenvalue weighted by atomic mass is 10.1. The Morgan fingerprint density at radius 1 is 1.37 bits per heavy atom. The van der Waals surface area contributed by atoms with Crippen molar-refractivity contribution in [3.05, 3.63) is 46.2 Å². The average molecular weight is 271 g/mol. The first-order valence-electron chi connectivity index (χ1n) is 6.27. The van der Waals surface area contributed by atoms with Crippen LogP contribution in [-0.2, 0) is 13.0 Å². The van der Waals surface area contributed by atoms with Gasteiger partial charge in [0.2, 0.25) is 0 Å². The summed E-state index contributed by atoms with van der Waals surface area (Å²) in [7, 11) is 0. The SMILES string of the molecule is CCN(Cc1cccs1)c1ccc(N)c(CC#N)c1. The van der Waals surface area contributed by atoms with Gasteiger partial charge in [0.25, 0.3) is 0 Å². The zero-order valence-electron chi connectivity index (χ0n) is 11.0. The van der Waals surface area contributed by atoms with Crippen molar-refractivity contribution < 1.29 is 0 Å². The molecule has 0 unspecified atom stereocenters. The number of hydrogen-bond acceptors (Lipinski definition) is 4. The quantitative estimate of drug-likeness (QED) is 0.848. The Balaban J connectivity index is 2.23. The summed E-state index contributed by atoms with van der Waals surface area (Å²) in [5.74, 6) is 0. The van der Waals surface area contributed by atoms with Gasteiger partial charge in [-0.25, -0.2) is 0 Å². The standard InChI is InChI=1S/C15H17N3S/c1-2-18(11-14-4-3-9-19-14)13-5-6-15(17)12(10-13)7-8-16/h3-6,9-10H,2,7,11,17H2,1H3. The van der Waals surface area contributed by atoms with E-state index in [1.165, 1.54) is 4.88 Å². The molecular weight excluding hydrogens is 254 g/mol. The number of nitrogen functional groups attached to an aromatic ring is 1. The number of nitriles is 1. The van der Waals surface area contributed by atoms with E-state index in [4.69, 9.17) is 11.0 Å². The van der Waals surface area contributed by atoms with Crippen LogP contribution in [0.4, 0.5) is 11.4 Å². The molecule has 0 amide bonds. The number of anilines is 2. The van der Waals surface area contributed by atoms with E-state index in [0.29, 0.717) is 12.1 Å². The minimum Gasteiger partial charge on any atom is -0.398 e. The molecular formula is C15H17N3S. The van der Waals surface area contributed by atoms with Crippen LogP contribution in [0.1, 0.15) is 17.4 Å². The van der Waals surface area contributed by atoms with Crippen molar-refractivity contribution in [1.29, 1.82) is 5.26 Å². The van der Waals surface area contributed by atoms with Crippen LogP contribution in [0, 0.1) is 11.3 Å². The minimum absolute atomic E-state index is 0.357. The van der Waals surface area contributed by atoms with Crippen molar-refractivity contribution in [2.45, 2.75) is 19.9 Å². The number of thiophene rings is 1. The molecule has 0 saturated carbocycles. The molecule has 2 N–H and O–H groups in total. The summed E-state index contributed by atoms with van der Waals surface area (Å²) in [6, 6.07) is 12.3. The Labute approximate surface area is 117 Å². The number of benzene rings is 1. The van der Waals surface area contributed by atoms with Gasteiger partial charge in [-0.1, -0.05) is 6.07 Å². The Bertz CT molecular complexity index is 570. The van der Waals surface area contributed by atoms with Crippen molar-refractivity contribution >= 4 is 22.7 Å². The van der Waals surface area contributed by atoms with Gasteiger partial charge >= 0.3 is 0 Å². The summed E-state index contributed by atoms with van der Waals surface area (Å²) in [5, 5.41) is 10.9. The van der Waals surface area contributed by atoms with Crippen molar-refractivity contribution in [2.75, 3.05) is 17.2 Å². The van der Waals surface area contributed by atoms with Gasteiger partial charge in [-0.05, 0) is 42.1 Å². The van der Waals surface area contributed by atoms with E-state index in [9.17, 15) is 0 Å². The maximum Gasteiger partial charge on any atom is 0.0670 e. The fourth-order valence-electron chi connectivity index (χ4n) is 2.00. The lowest BCUT2D eigenvalue weighted by Crippen LogP contribution is -2.21. The predicted octanol–water partition coefficient (Wildman–Crippen LogP) is 3.42. The highest BCUT2D eigenvalue weighted by atomic mass is 32.1. The third-order valence-corrected chi connectivity index (χ3v) is 3.93. The largest absolute Gasteiger partial charge is 0.398 e. The highest BCUT2D eigenvalue weighted by Crippen LogP contribution is 2.24. The van der Waals surface area contributed by atoms with E-state index in [1.54, 1.807) is 11.3 Å². The highest BCUT2D eigenvalue weighted by Gasteiger charge is 2.08. The van der Waals surface area contributed by atoms with Crippen LogP contribution in [0.3, 0.4) is 0 Å². The summed E-state index contributed by atoms with van der Waals surface area (Å²) >= 11 is 1.76. The molecule has 0 atom stereocenters. The molecule has 2 rings (SSSR count). The van der Waals surface area contributed by atoms with Crippen LogP contribution in [0.25, 0.3) is 0 Å². The van der Waals surface area contributed by atoms with Gasteiger partial charge in [-0.3, -0.25) is 0 Å². The molecule has 0 aliphatic carbocycles. The van der Waals surface area contributed by atoms with Gasteiger partial charge < -0.3 is 10.6 Å². The third kappa shape index (κ3) is 3.27. The first kappa shape index (κ1) is 13.4. The number of nitrogens with zero attached hydrogens (tertiary/aromatic N) is 2. The van der Waals surface area contributed by atoms with Gasteiger partial charge in [-0.15, -0.1) is 11.3 Å². The van der Waals surface area contributed by atoms with E-state index < -0.39 is 0 Å². The molecule has 0 aliphatic rings. The monoisotopic (exact) mass is 271 g/mol. The van der Waals surface area contributed by atoms with Gasteiger partial charge in [0.05, 0.1) is 19.0 Å². The highest BCUT2D eigenvalue weighted by molar-refractivity contribution is 7.09. The Kier molecular flexibility index (Phi) is 4.43. The first-order valence-corrected chi connectivity index (χ1v) is 7.15. The van der Waals surface area contributed by atoms with Gasteiger partial charge in [0.15, 0.2) is 0 Å². The molecule has 0 spiro atoms. The Morgan fingerprint density at radius 3 is 2.84 bits per heavy atom. The molecule has 19 heavy (non-hydrogen) atoms. The van der Waals surface area contributed by atoms with Crippen LogP contribution < -0.4 is 10.6 Å². The molecule has 1 aromatic heterocycles. The lowest BCUT2D eigenvalue weighted by Gasteiger charge is -2.23. The summed E-state index contributed by atoms with van der Waals surface area (Å²) < 4.78 is 0. The molecule has 0 radical (unpaired) electrons. The van der Waals surface area contributed by atoms with Crippen molar-refractivity contribution in [3.63, 3.8) is 0 Å². The number of nitrogens with two attached hydrogens (primary N) is 1. The van der Waals surface area contributed by atoms with E-state index in [-0.39, 0.29) is 0 Å². The third-order valence-electron chi connectivity index (χ3n) is 3.07. The maximum atomic E-state index is 8.82. The van der Waals surface area contributed by atoms with Crippen LogP contribution in [0.15, 0.2) is 35.7 Å². The Hall–Kier alpha value is -1.99. The van der Waals surface area contributed by atoms with E-state index >= 15 is 0 Å². The summed E-state index contributed by atoms with van der Waals surface area (Å²) in [6.07, 6.45) is 0.357. The fourth-order valence-corrected chi connectivity index (χ4v) is 2.72. The van der Waals surface area contributed by atoms with Crippen LogP contribution in [0.2, 0.25) is 0 Å². The molecule has 4 heteroatoms. The molecule has 1 aromatic carbocycles. The van der Waals surface area contributed by atoms with Crippen LogP contribution in [0.5, 0.6) is 0 Å². The van der Waals surface area contributed by atoms with Crippen LogP contribution >= 0.6 is 11.3 Å². The second-order valence-corrected chi connectivity index (χ2v) is 5.34. The predicted molar refractivity (Wildman–Crippen MR) is 81.2 cm³/mol. The molecule has 0 aliphatic heterocycles. The number of rotatable bonds is 5. The second kappa shape index (κ2) is 6.26. The zero-order chi connectivity index (χ0) is 13.7. The van der Waals surface area contributed by atoms with Gasteiger partial charge in [0.1, 0.15) is 0 Å². The smallest absolute Gasteiger partial charge is 0.0670 e. The van der Waals surface area contributed by atoms with E-state index in [1.807, 2.05) is 18.2 Å². The zero-order valence-corrected chi connectivity index (χ0v) is 11.8. The van der Waals surface area contributed by atoms with Crippen molar-refractivity contribution in [2.24, 2.45) is 0 Å². The summed E-state index contributed by atoms with van der Waals surface area (Å²) in [6.45, 7) is 3.95. The maximum absolute atomic E-state index is 8.82. The van der Waals surface area contributed by atoms with Crippen molar-refractivity contribution in [3.8, 4) is 6.07 Å². The normalized spacial score (nSPS) is 10.1.